The number of halogens is 3. The van der Waals surface area contributed by atoms with Crippen molar-refractivity contribution >= 4 is 21.4 Å². The Balaban J connectivity index is 1.57. The van der Waals surface area contributed by atoms with Gasteiger partial charge >= 0.3 is 0 Å². The van der Waals surface area contributed by atoms with E-state index in [1.54, 1.807) is 6.07 Å². The first-order valence-electron chi connectivity index (χ1n) is 9.80. The second-order valence-corrected chi connectivity index (χ2v) is 10.4. The van der Waals surface area contributed by atoms with E-state index >= 15 is 0 Å². The predicted octanol–water partition coefficient (Wildman–Crippen LogP) is 4.08. The molecular weight excluding hydrogens is 446 g/mol. The van der Waals surface area contributed by atoms with Gasteiger partial charge in [0.05, 0.1) is 18.2 Å². The van der Waals surface area contributed by atoms with Crippen LogP contribution in [0.15, 0.2) is 35.2 Å². The molecule has 0 amide bonds. The number of likely N-dealkylation sites (tertiary alicyclic amines) is 1. The second-order valence-electron chi connectivity index (χ2n) is 8.01. The van der Waals surface area contributed by atoms with Gasteiger partial charge < -0.3 is 9.64 Å². The van der Waals surface area contributed by atoms with E-state index in [0.29, 0.717) is 16.5 Å². The molecule has 9 heteroatoms. The number of nitriles is 1. The fourth-order valence-electron chi connectivity index (χ4n) is 3.87. The Morgan fingerprint density at radius 2 is 1.87 bits per heavy atom. The lowest BCUT2D eigenvalue weighted by molar-refractivity contribution is 0.223. The van der Waals surface area contributed by atoms with Crippen LogP contribution in [0.1, 0.15) is 18.1 Å². The summed E-state index contributed by atoms with van der Waals surface area (Å²) in [6.07, 6.45) is 1.51. The lowest BCUT2D eigenvalue weighted by atomic mass is 9.99. The first kappa shape index (κ1) is 23.5. The van der Waals surface area contributed by atoms with Crippen molar-refractivity contribution in [3.63, 3.8) is 0 Å². The van der Waals surface area contributed by atoms with Gasteiger partial charge in [0.15, 0.2) is 9.84 Å². The van der Waals surface area contributed by atoms with Crippen LogP contribution in [0.3, 0.4) is 0 Å². The summed E-state index contributed by atoms with van der Waals surface area (Å²) >= 11 is 6.06. The molecule has 166 valence electrons. The first-order chi connectivity index (χ1) is 14.6. The number of sulfone groups is 1. The smallest absolute Gasteiger partial charge is 0.181 e. The molecule has 1 saturated heterocycles. The highest BCUT2D eigenvalue weighted by atomic mass is 35.5. The van der Waals surface area contributed by atoms with Gasteiger partial charge in [0.2, 0.25) is 0 Å². The van der Waals surface area contributed by atoms with Crippen LogP contribution in [0, 0.1) is 34.8 Å². The van der Waals surface area contributed by atoms with Crippen LogP contribution in [0.4, 0.5) is 8.78 Å². The van der Waals surface area contributed by atoms with Gasteiger partial charge in [0.1, 0.15) is 22.3 Å². The molecule has 1 aliphatic rings. The van der Waals surface area contributed by atoms with Crippen LogP contribution in [0.2, 0.25) is 5.02 Å². The topological polar surface area (TPSA) is 70.4 Å². The summed E-state index contributed by atoms with van der Waals surface area (Å²) in [4.78, 5) is 1.33. The molecule has 0 N–H and O–H groups in total. The molecule has 0 bridgehead atoms. The quantitative estimate of drug-likeness (QED) is 0.612. The van der Waals surface area contributed by atoms with Crippen molar-refractivity contribution in [1.29, 1.82) is 5.26 Å². The van der Waals surface area contributed by atoms with Crippen molar-refractivity contribution in [2.75, 3.05) is 32.5 Å². The van der Waals surface area contributed by atoms with Gasteiger partial charge in [0.25, 0.3) is 0 Å². The van der Waals surface area contributed by atoms with E-state index < -0.39 is 26.4 Å². The monoisotopic (exact) mass is 468 g/mol. The lowest BCUT2D eigenvalue weighted by Crippen LogP contribution is -2.25. The van der Waals surface area contributed by atoms with Crippen molar-refractivity contribution in [2.24, 2.45) is 11.8 Å². The lowest BCUT2D eigenvalue weighted by Gasteiger charge is -2.17. The number of hydrogen-bond donors (Lipinski definition) is 0. The number of ether oxygens (including phenoxy) is 1. The maximum Gasteiger partial charge on any atom is 0.181 e. The number of hydrogen-bond acceptors (Lipinski definition) is 5. The van der Waals surface area contributed by atoms with Crippen LogP contribution < -0.4 is 4.74 Å². The Morgan fingerprint density at radius 3 is 2.48 bits per heavy atom. The average molecular weight is 469 g/mol. The third kappa shape index (κ3) is 5.94. The van der Waals surface area contributed by atoms with Gasteiger partial charge in [-0.2, -0.15) is 5.26 Å². The van der Waals surface area contributed by atoms with Gasteiger partial charge in [0, 0.05) is 49.0 Å². The molecule has 3 rings (SSSR count). The van der Waals surface area contributed by atoms with Crippen molar-refractivity contribution in [1.82, 2.24) is 4.90 Å². The fraction of sp³-hybridized carbons (Fsp3) is 0.409. The van der Waals surface area contributed by atoms with Crippen molar-refractivity contribution in [2.45, 2.75) is 18.2 Å². The molecule has 0 aliphatic carbocycles. The molecule has 0 saturated carbocycles. The molecule has 2 atom stereocenters. The van der Waals surface area contributed by atoms with Crippen LogP contribution in [-0.4, -0.2) is 45.8 Å². The summed E-state index contributed by atoms with van der Waals surface area (Å²) in [6, 6.07) is 9.22. The molecule has 2 aromatic rings. The minimum absolute atomic E-state index is 0.0315. The van der Waals surface area contributed by atoms with Crippen LogP contribution >= 0.6 is 11.6 Å². The molecule has 1 heterocycles. The van der Waals surface area contributed by atoms with E-state index in [1.165, 1.54) is 0 Å². The van der Waals surface area contributed by atoms with E-state index in [-0.39, 0.29) is 18.3 Å². The van der Waals surface area contributed by atoms with Gasteiger partial charge in [-0.3, -0.25) is 0 Å². The summed E-state index contributed by atoms with van der Waals surface area (Å²) in [6.45, 7) is 4.77. The van der Waals surface area contributed by atoms with Crippen molar-refractivity contribution in [3.8, 4) is 11.8 Å². The van der Waals surface area contributed by atoms with Crippen LogP contribution in [-0.2, 0) is 16.3 Å². The highest BCUT2D eigenvalue weighted by Crippen LogP contribution is 2.28. The highest BCUT2D eigenvalue weighted by molar-refractivity contribution is 7.90. The molecule has 1 aliphatic heterocycles. The molecular formula is C22H23ClF2N2O3S. The van der Waals surface area contributed by atoms with E-state index in [0.717, 1.165) is 50.0 Å². The Bertz CT molecular complexity index is 1100. The zero-order valence-electron chi connectivity index (χ0n) is 17.2. The standard InChI is InChI=1S/C22H23ClF2N2O3S/c1-14-11-27(4-3-15-5-16(10-26)7-18(23)6-15)12-17(14)13-30-19-8-20(24)22(21(25)9-19)31(2,28)29/h5-9,14,17H,3-4,11-13H2,1-2H3. The molecule has 0 radical (unpaired) electrons. The third-order valence-corrected chi connectivity index (χ3v) is 6.80. The molecule has 31 heavy (non-hydrogen) atoms. The normalized spacial score (nSPS) is 19.4. The molecule has 0 aromatic heterocycles. The number of nitrogens with zero attached hydrogens (tertiary/aromatic N) is 2. The third-order valence-electron chi connectivity index (χ3n) is 5.45. The Morgan fingerprint density at radius 1 is 1.19 bits per heavy atom. The van der Waals surface area contributed by atoms with E-state index in [9.17, 15) is 17.2 Å². The van der Waals surface area contributed by atoms with Crippen molar-refractivity contribution < 1.29 is 21.9 Å². The summed E-state index contributed by atoms with van der Waals surface area (Å²) in [7, 11) is -4.00. The van der Waals surface area contributed by atoms with E-state index in [4.69, 9.17) is 21.6 Å². The van der Waals surface area contributed by atoms with Gasteiger partial charge in [-0.25, -0.2) is 17.2 Å². The molecule has 5 nitrogen and oxygen atoms in total. The molecule has 0 spiro atoms. The Hall–Kier alpha value is -2.21. The predicted molar refractivity (Wildman–Crippen MR) is 114 cm³/mol. The van der Waals surface area contributed by atoms with Gasteiger partial charge in [-0.1, -0.05) is 18.5 Å². The second kappa shape index (κ2) is 9.51. The Labute approximate surface area is 186 Å². The first-order valence-corrected chi connectivity index (χ1v) is 12.1. The van der Waals surface area contributed by atoms with Gasteiger partial charge in [-0.05, 0) is 36.1 Å². The zero-order chi connectivity index (χ0) is 22.8. The summed E-state index contributed by atoms with van der Waals surface area (Å²) in [5.41, 5.74) is 1.53. The highest BCUT2D eigenvalue weighted by Gasteiger charge is 2.30. The van der Waals surface area contributed by atoms with Gasteiger partial charge in [-0.15, -0.1) is 0 Å². The SMILES string of the molecule is CC1CN(CCc2cc(Cl)cc(C#N)c2)CC1COc1cc(F)c(S(C)(=O)=O)c(F)c1. The number of benzene rings is 2. The Kier molecular flexibility index (Phi) is 7.20. The summed E-state index contributed by atoms with van der Waals surface area (Å²) in [5, 5.41) is 9.61. The minimum atomic E-state index is -4.00. The number of rotatable bonds is 7. The fourth-order valence-corrected chi connectivity index (χ4v) is 4.95. The van der Waals surface area contributed by atoms with E-state index in [2.05, 4.69) is 17.9 Å². The zero-order valence-corrected chi connectivity index (χ0v) is 18.8. The average Bonchev–Trinajstić information content (AvgIpc) is 3.02. The summed E-state index contributed by atoms with van der Waals surface area (Å²) in [5.74, 6) is -1.86. The van der Waals surface area contributed by atoms with E-state index in [1.807, 2.05) is 12.1 Å². The minimum Gasteiger partial charge on any atom is -0.493 e. The maximum absolute atomic E-state index is 14.1. The largest absolute Gasteiger partial charge is 0.493 e. The maximum atomic E-state index is 14.1. The summed E-state index contributed by atoms with van der Waals surface area (Å²) < 4.78 is 56.7. The van der Waals surface area contributed by atoms with Crippen molar-refractivity contribution in [3.05, 3.63) is 58.1 Å². The van der Waals surface area contributed by atoms with Crippen LogP contribution in [0.25, 0.3) is 0 Å². The molecule has 2 unspecified atom stereocenters. The molecule has 2 aromatic carbocycles. The molecule has 1 fully saturated rings. The van der Waals surface area contributed by atoms with Crippen LogP contribution in [0.5, 0.6) is 5.75 Å².